The lowest BCUT2D eigenvalue weighted by Crippen LogP contribution is -2.33. The Morgan fingerprint density at radius 1 is 1.35 bits per heavy atom. The van der Waals surface area contributed by atoms with Crippen LogP contribution in [0.15, 0.2) is 17.0 Å². The van der Waals surface area contributed by atoms with Crippen LogP contribution in [0.25, 0.3) is 0 Å². The third kappa shape index (κ3) is 4.22. The van der Waals surface area contributed by atoms with E-state index in [9.17, 15) is 17.2 Å². The van der Waals surface area contributed by atoms with E-state index in [-0.39, 0.29) is 18.2 Å². The van der Waals surface area contributed by atoms with Crippen molar-refractivity contribution in [3.8, 4) is 0 Å². The average molecular weight is 306 g/mol. The van der Waals surface area contributed by atoms with Crippen LogP contribution < -0.4 is 10.5 Å². The van der Waals surface area contributed by atoms with Gasteiger partial charge in [0.15, 0.2) is 11.6 Å². The summed E-state index contributed by atoms with van der Waals surface area (Å²) < 4.78 is 53.6. The van der Waals surface area contributed by atoms with Gasteiger partial charge in [0.1, 0.15) is 4.90 Å². The highest BCUT2D eigenvalue weighted by atomic mass is 32.2. The van der Waals surface area contributed by atoms with E-state index >= 15 is 0 Å². The Labute approximate surface area is 118 Å². The van der Waals surface area contributed by atoms with Crippen LogP contribution in [0.2, 0.25) is 0 Å². The zero-order chi connectivity index (χ0) is 15.3. The fourth-order valence-electron chi connectivity index (χ4n) is 1.83. The van der Waals surface area contributed by atoms with Gasteiger partial charge in [-0.25, -0.2) is 21.9 Å². The predicted octanol–water partition coefficient (Wildman–Crippen LogP) is 2.28. The van der Waals surface area contributed by atoms with Gasteiger partial charge in [0, 0.05) is 12.6 Å². The second-order valence-corrected chi connectivity index (χ2v) is 6.44. The molecule has 20 heavy (non-hydrogen) atoms. The Morgan fingerprint density at radius 3 is 2.55 bits per heavy atom. The Kier molecular flexibility index (Phi) is 6.04. The maximum Gasteiger partial charge on any atom is 0.243 e. The summed E-state index contributed by atoms with van der Waals surface area (Å²) in [7, 11) is -4.10. The van der Waals surface area contributed by atoms with Crippen LogP contribution in [0.5, 0.6) is 0 Å². The van der Waals surface area contributed by atoms with E-state index in [2.05, 4.69) is 4.72 Å². The molecule has 0 aliphatic heterocycles. The van der Waals surface area contributed by atoms with Gasteiger partial charge in [-0.1, -0.05) is 19.8 Å². The van der Waals surface area contributed by atoms with E-state index < -0.39 is 26.6 Å². The van der Waals surface area contributed by atoms with Crippen molar-refractivity contribution < 1.29 is 17.2 Å². The molecule has 1 atom stereocenters. The van der Waals surface area contributed by atoms with Crippen LogP contribution in [-0.2, 0) is 16.6 Å². The van der Waals surface area contributed by atoms with Gasteiger partial charge >= 0.3 is 0 Å². The number of rotatable bonds is 7. The molecule has 1 rings (SSSR count). The first kappa shape index (κ1) is 17.0. The van der Waals surface area contributed by atoms with Gasteiger partial charge < -0.3 is 5.73 Å². The van der Waals surface area contributed by atoms with Crippen LogP contribution in [-0.4, -0.2) is 14.5 Å². The SMILES string of the molecule is CCCCC(C)NS(=O)(=O)c1cc(CN)cc(F)c1F. The Morgan fingerprint density at radius 2 is 2.00 bits per heavy atom. The van der Waals surface area contributed by atoms with E-state index in [0.717, 1.165) is 25.0 Å². The fourth-order valence-corrected chi connectivity index (χ4v) is 3.24. The molecule has 0 radical (unpaired) electrons. The molecule has 0 saturated heterocycles. The second-order valence-electron chi connectivity index (χ2n) is 4.76. The summed E-state index contributed by atoms with van der Waals surface area (Å²) in [5.74, 6) is -2.59. The first-order valence-corrected chi connectivity index (χ1v) is 8.00. The van der Waals surface area contributed by atoms with E-state index in [0.29, 0.717) is 6.42 Å². The number of benzene rings is 1. The average Bonchev–Trinajstić information content (AvgIpc) is 2.38. The molecular weight excluding hydrogens is 286 g/mol. The number of hydrogen-bond acceptors (Lipinski definition) is 3. The van der Waals surface area contributed by atoms with E-state index in [1.54, 1.807) is 6.92 Å². The molecule has 0 saturated carbocycles. The topological polar surface area (TPSA) is 72.2 Å². The highest BCUT2D eigenvalue weighted by molar-refractivity contribution is 7.89. The van der Waals surface area contributed by atoms with Crippen LogP contribution >= 0.6 is 0 Å². The van der Waals surface area contributed by atoms with Crippen molar-refractivity contribution in [3.05, 3.63) is 29.3 Å². The summed E-state index contributed by atoms with van der Waals surface area (Å²) in [6, 6.07) is 1.62. The molecule has 1 unspecified atom stereocenters. The lowest BCUT2D eigenvalue weighted by Gasteiger charge is -2.15. The van der Waals surface area contributed by atoms with Crippen molar-refractivity contribution in [2.24, 2.45) is 5.73 Å². The maximum atomic E-state index is 13.7. The van der Waals surface area contributed by atoms with Crippen molar-refractivity contribution >= 4 is 10.0 Å². The Balaban J connectivity index is 3.06. The number of nitrogens with two attached hydrogens (primary N) is 1. The van der Waals surface area contributed by atoms with Gasteiger partial charge in [-0.15, -0.1) is 0 Å². The number of unbranched alkanes of at least 4 members (excludes halogenated alkanes) is 1. The van der Waals surface area contributed by atoms with Crippen molar-refractivity contribution in [3.63, 3.8) is 0 Å². The largest absolute Gasteiger partial charge is 0.326 e. The molecule has 0 amide bonds. The maximum absolute atomic E-state index is 13.7. The van der Waals surface area contributed by atoms with Gasteiger partial charge in [0.2, 0.25) is 10.0 Å². The summed E-state index contributed by atoms with van der Waals surface area (Å²) in [4.78, 5) is -0.693. The molecular formula is C13H20F2N2O2S. The van der Waals surface area contributed by atoms with Crippen LogP contribution in [0.1, 0.15) is 38.7 Å². The van der Waals surface area contributed by atoms with E-state index in [1.165, 1.54) is 0 Å². The normalized spacial score (nSPS) is 13.4. The number of hydrogen-bond donors (Lipinski definition) is 2. The molecule has 4 nitrogen and oxygen atoms in total. The number of halogens is 2. The third-order valence-corrected chi connectivity index (χ3v) is 4.52. The van der Waals surface area contributed by atoms with Crippen molar-refractivity contribution in [2.45, 2.75) is 50.6 Å². The molecule has 0 aliphatic carbocycles. The Bertz CT molecular complexity index is 562. The van der Waals surface area contributed by atoms with Crippen molar-refractivity contribution in [1.82, 2.24) is 4.72 Å². The molecule has 0 bridgehead atoms. The predicted molar refractivity (Wildman–Crippen MR) is 73.6 cm³/mol. The van der Waals surface area contributed by atoms with Gasteiger partial charge in [-0.05, 0) is 31.0 Å². The molecule has 3 N–H and O–H groups in total. The van der Waals surface area contributed by atoms with Crippen LogP contribution in [0, 0.1) is 11.6 Å². The molecule has 0 heterocycles. The molecule has 0 spiro atoms. The zero-order valence-corrected chi connectivity index (χ0v) is 12.4. The minimum atomic E-state index is -4.10. The standard InChI is InChI=1S/C13H20F2N2O2S/c1-3-4-5-9(2)17-20(18,19)12-7-10(8-16)6-11(14)13(12)15/h6-7,9,17H,3-5,8,16H2,1-2H3. The summed E-state index contributed by atoms with van der Waals surface area (Å²) in [5, 5.41) is 0. The first-order chi connectivity index (χ1) is 9.31. The Hall–Kier alpha value is -1.05. The quantitative estimate of drug-likeness (QED) is 0.812. The summed E-state index contributed by atoms with van der Waals surface area (Å²) >= 11 is 0. The van der Waals surface area contributed by atoms with Crippen LogP contribution in [0.3, 0.4) is 0 Å². The van der Waals surface area contributed by atoms with Crippen LogP contribution in [0.4, 0.5) is 8.78 Å². The molecule has 114 valence electrons. The molecule has 0 fully saturated rings. The fraction of sp³-hybridized carbons (Fsp3) is 0.538. The number of nitrogens with one attached hydrogen (secondary N) is 1. The highest BCUT2D eigenvalue weighted by Crippen LogP contribution is 2.20. The van der Waals surface area contributed by atoms with Gasteiger partial charge in [-0.3, -0.25) is 0 Å². The van der Waals surface area contributed by atoms with Crippen molar-refractivity contribution in [2.75, 3.05) is 0 Å². The smallest absolute Gasteiger partial charge is 0.243 e. The minimum absolute atomic E-state index is 0.0644. The highest BCUT2D eigenvalue weighted by Gasteiger charge is 2.24. The second kappa shape index (κ2) is 7.10. The molecule has 0 aliphatic rings. The van der Waals surface area contributed by atoms with Gasteiger partial charge in [0.25, 0.3) is 0 Å². The van der Waals surface area contributed by atoms with E-state index in [4.69, 9.17) is 5.73 Å². The summed E-state index contributed by atoms with van der Waals surface area (Å²) in [5.41, 5.74) is 5.57. The van der Waals surface area contributed by atoms with Crippen molar-refractivity contribution in [1.29, 1.82) is 0 Å². The molecule has 1 aromatic rings. The third-order valence-electron chi connectivity index (χ3n) is 2.93. The van der Waals surface area contributed by atoms with Gasteiger partial charge in [-0.2, -0.15) is 0 Å². The molecule has 1 aromatic carbocycles. The minimum Gasteiger partial charge on any atom is -0.326 e. The zero-order valence-electron chi connectivity index (χ0n) is 11.6. The summed E-state index contributed by atoms with van der Waals surface area (Å²) in [6.45, 7) is 3.61. The molecule has 0 aromatic heterocycles. The number of sulfonamides is 1. The first-order valence-electron chi connectivity index (χ1n) is 6.52. The molecule has 7 heteroatoms. The monoisotopic (exact) mass is 306 g/mol. The lowest BCUT2D eigenvalue weighted by atomic mass is 10.2. The van der Waals surface area contributed by atoms with Gasteiger partial charge in [0.05, 0.1) is 0 Å². The summed E-state index contributed by atoms with van der Waals surface area (Å²) in [6.07, 6.45) is 2.41. The van der Waals surface area contributed by atoms with E-state index in [1.807, 2.05) is 6.92 Å². The lowest BCUT2D eigenvalue weighted by molar-refractivity contribution is 0.477.